The van der Waals surface area contributed by atoms with Crippen LogP contribution in [-0.4, -0.2) is 46.0 Å². The van der Waals surface area contributed by atoms with Crippen LogP contribution < -0.4 is 10.6 Å². The number of hydrogen-bond donors (Lipinski definition) is 3. The minimum atomic E-state index is -1.19. The maximum atomic E-state index is 12.2. The van der Waals surface area contributed by atoms with E-state index in [9.17, 15) is 19.5 Å². The number of nitrogens with zero attached hydrogens (tertiary/aromatic N) is 2. The quantitative estimate of drug-likeness (QED) is 0.420. The highest BCUT2D eigenvalue weighted by molar-refractivity contribution is 5.84. The lowest BCUT2D eigenvalue weighted by molar-refractivity contribution is -0.142. The lowest BCUT2D eigenvalue weighted by Gasteiger charge is -2.15. The first-order valence-electron chi connectivity index (χ1n) is 11.0. The van der Waals surface area contributed by atoms with E-state index >= 15 is 0 Å². The molecule has 4 rings (SSSR count). The fourth-order valence-electron chi connectivity index (χ4n) is 4.25. The first-order valence-corrected chi connectivity index (χ1v) is 11.0. The molecule has 3 N–H and O–H groups in total. The fourth-order valence-corrected chi connectivity index (χ4v) is 4.25. The van der Waals surface area contributed by atoms with Crippen molar-refractivity contribution in [2.24, 2.45) is 7.05 Å². The zero-order chi connectivity index (χ0) is 24.1. The van der Waals surface area contributed by atoms with Crippen molar-refractivity contribution in [2.75, 3.05) is 13.2 Å². The monoisotopic (exact) mass is 462 g/mol. The fraction of sp³-hybridized carbons (Fsp3) is 0.280. The average molecular weight is 463 g/mol. The van der Waals surface area contributed by atoms with Crippen molar-refractivity contribution in [1.82, 2.24) is 20.4 Å². The number of aryl methyl sites for hydroxylation is 1. The Bertz CT molecular complexity index is 1160. The Hall–Kier alpha value is -4.14. The number of fused-ring (bicyclic) bond motifs is 3. The smallest absolute Gasteiger partial charge is 0.407 e. The first kappa shape index (κ1) is 23.0. The minimum absolute atomic E-state index is 0.0242. The SMILES string of the molecule is Cn1nccc1C(NC(=O)CCCNC(=O)OCC1c2ccccc2-c2ccccc21)C(=O)O. The van der Waals surface area contributed by atoms with Crippen molar-refractivity contribution in [3.05, 3.63) is 77.6 Å². The van der Waals surface area contributed by atoms with Gasteiger partial charge in [-0.3, -0.25) is 9.48 Å². The Balaban J connectivity index is 1.22. The van der Waals surface area contributed by atoms with Crippen molar-refractivity contribution < 1.29 is 24.2 Å². The molecule has 0 aliphatic heterocycles. The van der Waals surface area contributed by atoms with Gasteiger partial charge < -0.3 is 20.5 Å². The molecule has 1 aliphatic rings. The van der Waals surface area contributed by atoms with Gasteiger partial charge in [-0.1, -0.05) is 48.5 Å². The van der Waals surface area contributed by atoms with Gasteiger partial charge in [-0.05, 0) is 34.7 Å². The average Bonchev–Trinajstić information content (AvgIpc) is 3.40. The highest BCUT2D eigenvalue weighted by atomic mass is 16.5. The summed E-state index contributed by atoms with van der Waals surface area (Å²) in [6.45, 7) is 0.443. The molecule has 3 aromatic rings. The van der Waals surface area contributed by atoms with Gasteiger partial charge in [0, 0.05) is 32.1 Å². The molecule has 1 aromatic heterocycles. The van der Waals surface area contributed by atoms with Crippen molar-refractivity contribution >= 4 is 18.0 Å². The minimum Gasteiger partial charge on any atom is -0.479 e. The first-order chi connectivity index (χ1) is 16.5. The molecular formula is C25H26N4O5. The molecule has 9 heteroatoms. The van der Waals surface area contributed by atoms with E-state index in [4.69, 9.17) is 4.74 Å². The molecule has 1 atom stereocenters. The third-order valence-corrected chi connectivity index (χ3v) is 5.90. The van der Waals surface area contributed by atoms with Gasteiger partial charge in [-0.2, -0.15) is 5.10 Å². The number of rotatable bonds is 9. The van der Waals surface area contributed by atoms with Crippen LogP contribution >= 0.6 is 0 Å². The number of amides is 2. The normalized spacial score (nSPS) is 13.0. The largest absolute Gasteiger partial charge is 0.479 e. The highest BCUT2D eigenvalue weighted by Crippen LogP contribution is 2.44. The van der Waals surface area contributed by atoms with Crippen LogP contribution in [0.2, 0.25) is 0 Å². The summed E-state index contributed by atoms with van der Waals surface area (Å²) in [4.78, 5) is 35.9. The van der Waals surface area contributed by atoms with Crippen molar-refractivity contribution in [1.29, 1.82) is 0 Å². The van der Waals surface area contributed by atoms with Crippen LogP contribution in [0.5, 0.6) is 0 Å². The molecule has 0 fully saturated rings. The molecular weight excluding hydrogens is 436 g/mol. The number of aliphatic carboxylic acids is 1. The summed E-state index contributed by atoms with van der Waals surface area (Å²) in [6, 6.07) is 16.6. The van der Waals surface area contributed by atoms with E-state index < -0.39 is 24.0 Å². The summed E-state index contributed by atoms with van der Waals surface area (Å²) >= 11 is 0. The van der Waals surface area contributed by atoms with E-state index in [0.29, 0.717) is 12.1 Å². The van der Waals surface area contributed by atoms with Crippen LogP contribution in [0.1, 0.15) is 41.6 Å². The molecule has 176 valence electrons. The van der Waals surface area contributed by atoms with Gasteiger partial charge in [-0.25, -0.2) is 9.59 Å². The predicted molar refractivity (Wildman–Crippen MR) is 124 cm³/mol. The number of carboxylic acids is 1. The van der Waals surface area contributed by atoms with Crippen molar-refractivity contribution in [3.8, 4) is 11.1 Å². The van der Waals surface area contributed by atoms with Crippen molar-refractivity contribution in [3.63, 3.8) is 0 Å². The summed E-state index contributed by atoms with van der Waals surface area (Å²) in [5, 5.41) is 18.5. The number of aromatic nitrogens is 2. The Labute approximate surface area is 196 Å². The molecule has 2 amide bonds. The molecule has 0 saturated carbocycles. The van der Waals surface area contributed by atoms with Gasteiger partial charge in [0.05, 0.1) is 5.69 Å². The summed E-state index contributed by atoms with van der Waals surface area (Å²) in [6.07, 6.45) is 1.31. The van der Waals surface area contributed by atoms with Crippen LogP contribution in [0.4, 0.5) is 4.79 Å². The predicted octanol–water partition coefficient (Wildman–Crippen LogP) is 2.98. The van der Waals surface area contributed by atoms with Gasteiger partial charge in [0.15, 0.2) is 6.04 Å². The van der Waals surface area contributed by atoms with E-state index in [1.54, 1.807) is 7.05 Å². The number of hydrogen-bond acceptors (Lipinski definition) is 5. The highest BCUT2D eigenvalue weighted by Gasteiger charge is 2.29. The van der Waals surface area contributed by atoms with Gasteiger partial charge in [0.25, 0.3) is 0 Å². The number of carbonyl (C=O) groups is 3. The maximum absolute atomic E-state index is 12.2. The maximum Gasteiger partial charge on any atom is 0.407 e. The number of nitrogens with one attached hydrogen (secondary N) is 2. The van der Waals surface area contributed by atoms with Crippen molar-refractivity contribution in [2.45, 2.75) is 24.8 Å². The number of carbonyl (C=O) groups excluding carboxylic acids is 2. The van der Waals surface area contributed by atoms with Crippen LogP contribution in [0.15, 0.2) is 60.8 Å². The van der Waals surface area contributed by atoms with E-state index in [2.05, 4.69) is 40.0 Å². The second kappa shape index (κ2) is 10.2. The van der Waals surface area contributed by atoms with E-state index in [-0.39, 0.29) is 25.5 Å². The van der Waals surface area contributed by atoms with Crippen LogP contribution in [0, 0.1) is 0 Å². The summed E-state index contributed by atoms with van der Waals surface area (Å²) < 4.78 is 6.87. The second-order valence-electron chi connectivity index (χ2n) is 8.07. The number of benzene rings is 2. The van der Waals surface area contributed by atoms with Crippen LogP contribution in [0.25, 0.3) is 11.1 Å². The molecule has 1 aliphatic carbocycles. The second-order valence-corrected chi connectivity index (χ2v) is 8.07. The van der Waals surface area contributed by atoms with Gasteiger partial charge in [0.2, 0.25) is 5.91 Å². The van der Waals surface area contributed by atoms with E-state index in [1.807, 2.05) is 24.3 Å². The molecule has 1 heterocycles. The standard InChI is InChI=1S/C25H26N4O5/c1-29-21(12-14-27-29)23(24(31)32)28-22(30)11-6-13-26-25(33)34-15-20-18-9-4-2-7-16(18)17-8-3-5-10-19(17)20/h2-5,7-10,12,14,20,23H,6,11,13,15H2,1H3,(H,26,33)(H,28,30)(H,31,32). The molecule has 1 unspecified atom stereocenters. The van der Waals surface area contributed by atoms with Gasteiger partial charge >= 0.3 is 12.1 Å². The lowest BCUT2D eigenvalue weighted by atomic mass is 9.98. The molecule has 0 spiro atoms. The zero-order valence-corrected chi connectivity index (χ0v) is 18.7. The molecule has 2 aromatic carbocycles. The Morgan fingerprint density at radius 3 is 2.29 bits per heavy atom. The van der Waals surface area contributed by atoms with Gasteiger partial charge in [-0.15, -0.1) is 0 Å². The summed E-state index contributed by atoms with van der Waals surface area (Å²) in [7, 11) is 1.61. The van der Waals surface area contributed by atoms with Crippen LogP contribution in [-0.2, 0) is 21.4 Å². The third kappa shape index (κ3) is 4.93. The Kier molecular flexibility index (Phi) is 6.91. The zero-order valence-electron chi connectivity index (χ0n) is 18.7. The Morgan fingerprint density at radius 1 is 1.06 bits per heavy atom. The molecule has 0 bridgehead atoms. The molecule has 0 radical (unpaired) electrons. The summed E-state index contributed by atoms with van der Waals surface area (Å²) in [5.41, 5.74) is 4.95. The van der Waals surface area contributed by atoms with Crippen LogP contribution in [0.3, 0.4) is 0 Å². The number of ether oxygens (including phenoxy) is 1. The Morgan fingerprint density at radius 2 is 1.71 bits per heavy atom. The van der Waals surface area contributed by atoms with E-state index in [1.165, 1.54) is 16.9 Å². The van der Waals surface area contributed by atoms with E-state index in [0.717, 1.165) is 22.3 Å². The number of carboxylic acid groups (broad SMARTS) is 1. The topological polar surface area (TPSA) is 123 Å². The molecule has 0 saturated heterocycles. The number of alkyl carbamates (subject to hydrolysis) is 1. The lowest BCUT2D eigenvalue weighted by Crippen LogP contribution is -2.35. The summed E-state index contributed by atoms with van der Waals surface area (Å²) in [5.74, 6) is -1.62. The molecule has 34 heavy (non-hydrogen) atoms. The van der Waals surface area contributed by atoms with Gasteiger partial charge in [0.1, 0.15) is 6.61 Å². The third-order valence-electron chi connectivity index (χ3n) is 5.90. The molecule has 9 nitrogen and oxygen atoms in total.